The van der Waals surface area contributed by atoms with Crippen LogP contribution in [0.4, 0.5) is 17.1 Å². The first kappa shape index (κ1) is 23.1. The van der Waals surface area contributed by atoms with Crippen LogP contribution in [0.25, 0.3) is 0 Å². The van der Waals surface area contributed by atoms with Crippen LogP contribution in [0.2, 0.25) is 0 Å². The van der Waals surface area contributed by atoms with E-state index in [1.54, 1.807) is 19.2 Å². The molecule has 1 heterocycles. The predicted molar refractivity (Wildman–Crippen MR) is 125 cm³/mol. The molecule has 1 aliphatic rings. The van der Waals surface area contributed by atoms with Crippen molar-refractivity contribution in [3.8, 4) is 0 Å². The molecule has 3 rings (SSSR count). The van der Waals surface area contributed by atoms with Gasteiger partial charge in [-0.05, 0) is 36.2 Å². The molecule has 0 spiro atoms. The maximum absolute atomic E-state index is 12.8. The Labute approximate surface area is 186 Å². The number of nitro groups is 1. The molecule has 8 nitrogen and oxygen atoms in total. The Morgan fingerprint density at radius 3 is 2.68 bits per heavy atom. The van der Waals surface area contributed by atoms with Crippen molar-refractivity contribution >= 4 is 34.7 Å². The number of rotatable bonds is 9. The van der Waals surface area contributed by atoms with Gasteiger partial charge >= 0.3 is 0 Å². The van der Waals surface area contributed by atoms with Crippen molar-refractivity contribution in [1.29, 1.82) is 0 Å². The Morgan fingerprint density at radius 2 is 1.97 bits per heavy atom. The molecule has 0 aliphatic carbocycles. The van der Waals surface area contributed by atoms with Gasteiger partial charge in [0.15, 0.2) is 0 Å². The van der Waals surface area contributed by atoms with E-state index in [2.05, 4.69) is 21.6 Å². The fourth-order valence-electron chi connectivity index (χ4n) is 3.38. The molecule has 1 fully saturated rings. The summed E-state index contributed by atoms with van der Waals surface area (Å²) in [6.07, 6.45) is 0. The van der Waals surface area contributed by atoms with Gasteiger partial charge in [0.2, 0.25) is 0 Å². The van der Waals surface area contributed by atoms with Gasteiger partial charge in [-0.2, -0.15) is 11.8 Å². The first-order valence-electron chi connectivity index (χ1n) is 10.2. The van der Waals surface area contributed by atoms with Gasteiger partial charge in [-0.15, -0.1) is 0 Å². The molecule has 1 amide bonds. The van der Waals surface area contributed by atoms with Gasteiger partial charge in [-0.1, -0.05) is 12.1 Å². The van der Waals surface area contributed by atoms with Crippen molar-refractivity contribution < 1.29 is 14.5 Å². The molecule has 0 aromatic heterocycles. The monoisotopic (exact) mass is 444 g/mol. The number of benzene rings is 2. The fourth-order valence-corrected chi connectivity index (χ4v) is 4.35. The average Bonchev–Trinajstić information content (AvgIpc) is 2.77. The number of hydrogen-bond acceptors (Lipinski definition) is 7. The molecule has 2 aromatic rings. The second-order valence-corrected chi connectivity index (χ2v) is 8.63. The summed E-state index contributed by atoms with van der Waals surface area (Å²) >= 11 is 1.97. The summed E-state index contributed by atoms with van der Waals surface area (Å²) in [5.74, 6) is 1.91. The zero-order valence-electron chi connectivity index (χ0n) is 17.8. The van der Waals surface area contributed by atoms with Crippen LogP contribution < -0.4 is 10.6 Å². The van der Waals surface area contributed by atoms with Crippen molar-refractivity contribution in [2.45, 2.75) is 13.5 Å². The maximum Gasteiger partial charge on any atom is 0.293 e. The van der Waals surface area contributed by atoms with Crippen molar-refractivity contribution in [1.82, 2.24) is 4.90 Å². The third-order valence-electron chi connectivity index (χ3n) is 5.14. The number of anilines is 2. The molecule has 1 aliphatic heterocycles. The normalized spacial score (nSPS) is 14.3. The van der Waals surface area contributed by atoms with E-state index in [9.17, 15) is 14.9 Å². The topological polar surface area (TPSA) is 96.7 Å². The molecule has 0 bridgehead atoms. The van der Waals surface area contributed by atoms with Gasteiger partial charge in [-0.25, -0.2) is 0 Å². The summed E-state index contributed by atoms with van der Waals surface area (Å²) in [7, 11) is 1.56. The summed E-state index contributed by atoms with van der Waals surface area (Å²) in [5.41, 5.74) is 3.25. The van der Waals surface area contributed by atoms with Gasteiger partial charge in [0.05, 0.1) is 11.5 Å². The van der Waals surface area contributed by atoms with Crippen molar-refractivity contribution in [2.24, 2.45) is 0 Å². The van der Waals surface area contributed by atoms with Crippen LogP contribution in [0, 0.1) is 17.0 Å². The van der Waals surface area contributed by atoms with Crippen LogP contribution in [-0.4, -0.2) is 60.6 Å². The highest BCUT2D eigenvalue weighted by Gasteiger charge is 2.18. The number of ether oxygens (including phenoxy) is 1. The Morgan fingerprint density at radius 1 is 1.19 bits per heavy atom. The minimum absolute atomic E-state index is 0.141. The van der Waals surface area contributed by atoms with Gasteiger partial charge in [-0.3, -0.25) is 19.8 Å². The zero-order chi connectivity index (χ0) is 22.2. The molecule has 0 atom stereocenters. The maximum atomic E-state index is 12.8. The molecule has 0 unspecified atom stereocenters. The number of nitro benzene ring substituents is 1. The number of hydrogen-bond donors (Lipinski definition) is 2. The third kappa shape index (κ3) is 6.43. The van der Waals surface area contributed by atoms with E-state index >= 15 is 0 Å². The van der Waals surface area contributed by atoms with E-state index in [0.717, 1.165) is 48.0 Å². The van der Waals surface area contributed by atoms with Gasteiger partial charge < -0.3 is 15.4 Å². The Bertz CT molecular complexity index is 932. The smallest absolute Gasteiger partial charge is 0.293 e. The van der Waals surface area contributed by atoms with Crippen LogP contribution in [0.3, 0.4) is 0 Å². The zero-order valence-corrected chi connectivity index (χ0v) is 18.7. The average molecular weight is 445 g/mol. The van der Waals surface area contributed by atoms with Crippen LogP contribution in [0.15, 0.2) is 36.4 Å². The summed E-state index contributed by atoms with van der Waals surface area (Å²) in [6.45, 7) is 5.76. The van der Waals surface area contributed by atoms with E-state index in [4.69, 9.17) is 4.74 Å². The van der Waals surface area contributed by atoms with Crippen molar-refractivity contribution in [3.63, 3.8) is 0 Å². The standard InChI is InChI=1S/C22H28N4O4S/c1-16-3-4-17(15-25-8-11-31-12-9-25)13-20(16)24-22(27)18-5-6-19(23-7-10-30-2)21(14-18)26(28)29/h3-6,13-14,23H,7-12,15H2,1-2H3,(H,24,27). The number of thioether (sulfide) groups is 1. The van der Waals surface area contributed by atoms with E-state index < -0.39 is 4.92 Å². The molecular formula is C22H28N4O4S. The SMILES string of the molecule is COCCNc1ccc(C(=O)Nc2cc(CN3CCSCC3)ccc2C)cc1[N+](=O)[O-]. The number of carbonyl (C=O) groups is 1. The van der Waals surface area contributed by atoms with Gasteiger partial charge in [0.1, 0.15) is 5.69 Å². The van der Waals surface area contributed by atoms with Crippen molar-refractivity contribution in [2.75, 3.05) is 55.5 Å². The first-order valence-corrected chi connectivity index (χ1v) is 11.4. The summed E-state index contributed by atoms with van der Waals surface area (Å²) in [4.78, 5) is 26.2. The molecule has 2 N–H and O–H groups in total. The lowest BCUT2D eigenvalue weighted by Gasteiger charge is -2.26. The number of carbonyl (C=O) groups excluding carboxylic acids is 1. The number of nitrogens with one attached hydrogen (secondary N) is 2. The number of aryl methyl sites for hydroxylation is 1. The largest absolute Gasteiger partial charge is 0.383 e. The van der Waals surface area contributed by atoms with Gasteiger partial charge in [0, 0.05) is 62.1 Å². The van der Waals surface area contributed by atoms with Crippen LogP contribution in [0.1, 0.15) is 21.5 Å². The minimum atomic E-state index is -0.491. The number of nitrogens with zero attached hydrogens (tertiary/aromatic N) is 2. The predicted octanol–water partition coefficient (Wildman–Crippen LogP) is 3.76. The fraction of sp³-hybridized carbons (Fsp3) is 0.409. The molecular weight excluding hydrogens is 416 g/mol. The highest BCUT2D eigenvalue weighted by molar-refractivity contribution is 7.99. The minimum Gasteiger partial charge on any atom is -0.383 e. The first-order chi connectivity index (χ1) is 15.0. The molecule has 31 heavy (non-hydrogen) atoms. The summed E-state index contributed by atoms with van der Waals surface area (Å²) in [5, 5.41) is 17.4. The van der Waals surface area contributed by atoms with E-state index in [0.29, 0.717) is 18.8 Å². The lowest BCUT2D eigenvalue weighted by molar-refractivity contribution is -0.384. The molecule has 0 radical (unpaired) electrons. The Balaban J connectivity index is 1.73. The van der Waals surface area contributed by atoms with Gasteiger partial charge in [0.25, 0.3) is 11.6 Å². The molecule has 9 heteroatoms. The second kappa shape index (κ2) is 11.1. The molecule has 2 aromatic carbocycles. The lowest BCUT2D eigenvalue weighted by atomic mass is 10.1. The van der Waals surface area contributed by atoms with Crippen molar-refractivity contribution in [3.05, 3.63) is 63.2 Å². The van der Waals surface area contributed by atoms with Crippen LogP contribution >= 0.6 is 11.8 Å². The van der Waals surface area contributed by atoms with Crippen LogP contribution in [-0.2, 0) is 11.3 Å². The molecule has 1 saturated heterocycles. The molecule has 166 valence electrons. The summed E-state index contributed by atoms with van der Waals surface area (Å²) in [6, 6.07) is 10.5. The highest BCUT2D eigenvalue weighted by atomic mass is 32.2. The number of methoxy groups -OCH3 is 1. The lowest BCUT2D eigenvalue weighted by Crippen LogP contribution is -2.32. The third-order valence-corrected chi connectivity index (χ3v) is 6.08. The van der Waals surface area contributed by atoms with E-state index in [1.807, 2.05) is 30.8 Å². The quantitative estimate of drug-likeness (QED) is 0.345. The van der Waals surface area contributed by atoms with Crippen LogP contribution in [0.5, 0.6) is 0 Å². The number of amides is 1. The molecule has 0 saturated carbocycles. The summed E-state index contributed by atoms with van der Waals surface area (Å²) < 4.78 is 4.96. The Kier molecular flexibility index (Phi) is 8.27. The highest BCUT2D eigenvalue weighted by Crippen LogP contribution is 2.27. The van der Waals surface area contributed by atoms with E-state index in [1.165, 1.54) is 6.07 Å². The van der Waals surface area contributed by atoms with E-state index in [-0.39, 0.29) is 17.2 Å². The Hall–Kier alpha value is -2.62. The second-order valence-electron chi connectivity index (χ2n) is 7.40.